The zero-order valence-electron chi connectivity index (χ0n) is 12.3. The van der Waals surface area contributed by atoms with Gasteiger partial charge in [0.05, 0.1) is 19.2 Å². The number of aliphatic hydroxyl groups is 2. The van der Waals surface area contributed by atoms with Gasteiger partial charge < -0.3 is 21.3 Å². The minimum atomic E-state index is -0.882. The highest BCUT2D eigenvalue weighted by molar-refractivity contribution is 5.77. The van der Waals surface area contributed by atoms with Crippen molar-refractivity contribution in [2.45, 2.75) is 38.1 Å². The number of nitrogens with two attached hydrogens (primary N) is 1. The molecule has 6 heteroatoms. The Bertz CT molecular complexity index is 412. The molecule has 21 heavy (non-hydrogen) atoms. The van der Waals surface area contributed by atoms with Gasteiger partial charge in [0.15, 0.2) is 0 Å². The highest BCUT2D eigenvalue weighted by Gasteiger charge is 2.16. The Morgan fingerprint density at radius 1 is 1.29 bits per heavy atom. The van der Waals surface area contributed by atoms with Crippen LogP contribution in [0.25, 0.3) is 0 Å². The molecule has 0 bridgehead atoms. The molecule has 0 radical (unpaired) electrons. The molecule has 118 valence electrons. The molecule has 0 aromatic heterocycles. The van der Waals surface area contributed by atoms with Gasteiger partial charge in [-0.2, -0.15) is 0 Å². The summed E-state index contributed by atoms with van der Waals surface area (Å²) in [7, 11) is 0. The van der Waals surface area contributed by atoms with Crippen LogP contribution in [0.5, 0.6) is 0 Å². The van der Waals surface area contributed by atoms with Crippen LogP contribution in [0.15, 0.2) is 30.3 Å². The van der Waals surface area contributed by atoms with E-state index in [9.17, 15) is 15.0 Å². The van der Waals surface area contributed by atoms with Crippen LogP contribution in [0, 0.1) is 0 Å². The van der Waals surface area contributed by atoms with Gasteiger partial charge in [0, 0.05) is 6.04 Å². The van der Waals surface area contributed by atoms with Gasteiger partial charge in [-0.25, -0.2) is 0 Å². The quantitative estimate of drug-likeness (QED) is 0.389. The largest absolute Gasteiger partial charge is 0.393 e. The lowest BCUT2D eigenvalue weighted by molar-refractivity contribution is -0.120. The van der Waals surface area contributed by atoms with Crippen LogP contribution in [0.4, 0.5) is 0 Å². The van der Waals surface area contributed by atoms with Crippen molar-refractivity contribution in [3.8, 4) is 0 Å². The van der Waals surface area contributed by atoms with Gasteiger partial charge in [0.25, 0.3) is 0 Å². The summed E-state index contributed by atoms with van der Waals surface area (Å²) in [5.41, 5.74) is 6.30. The third-order valence-corrected chi connectivity index (χ3v) is 3.06. The normalized spacial score (nSPS) is 15.2. The summed E-state index contributed by atoms with van der Waals surface area (Å²) >= 11 is 0. The van der Waals surface area contributed by atoms with Crippen molar-refractivity contribution in [1.82, 2.24) is 10.6 Å². The molecule has 1 aromatic rings. The first kappa shape index (κ1) is 17.6. The average Bonchev–Trinajstić information content (AvgIpc) is 2.45. The second-order valence-corrected chi connectivity index (χ2v) is 5.16. The zero-order valence-corrected chi connectivity index (χ0v) is 12.3. The van der Waals surface area contributed by atoms with Crippen molar-refractivity contribution >= 4 is 5.91 Å². The average molecular weight is 295 g/mol. The molecule has 0 aliphatic heterocycles. The Hall–Kier alpha value is -1.47. The zero-order chi connectivity index (χ0) is 15.7. The van der Waals surface area contributed by atoms with E-state index in [1.54, 1.807) is 6.92 Å². The number of benzene rings is 1. The first-order valence-corrected chi connectivity index (χ1v) is 7.14. The SMILES string of the molecule is C[C@H](O)CC(Cc1ccccc1)N[C@@H](O)CNC(=O)CN. The second-order valence-electron chi connectivity index (χ2n) is 5.16. The number of aliphatic hydroxyl groups excluding tert-OH is 2. The van der Waals surface area contributed by atoms with Crippen LogP contribution in [0.3, 0.4) is 0 Å². The summed E-state index contributed by atoms with van der Waals surface area (Å²) in [6.45, 7) is 1.69. The molecular formula is C15H25N3O3. The molecule has 0 heterocycles. The Morgan fingerprint density at radius 3 is 2.52 bits per heavy atom. The number of hydrogen-bond acceptors (Lipinski definition) is 5. The van der Waals surface area contributed by atoms with Crippen LogP contribution in [0.1, 0.15) is 18.9 Å². The van der Waals surface area contributed by atoms with Gasteiger partial charge in [0.2, 0.25) is 5.91 Å². The van der Waals surface area contributed by atoms with Crippen LogP contribution < -0.4 is 16.4 Å². The smallest absolute Gasteiger partial charge is 0.233 e. The fraction of sp³-hybridized carbons (Fsp3) is 0.533. The summed E-state index contributed by atoms with van der Waals surface area (Å²) < 4.78 is 0. The lowest BCUT2D eigenvalue weighted by Crippen LogP contribution is -2.48. The lowest BCUT2D eigenvalue weighted by atomic mass is 10.0. The third kappa shape index (κ3) is 7.77. The second kappa shape index (κ2) is 9.46. The van der Waals surface area contributed by atoms with E-state index in [-0.39, 0.29) is 25.0 Å². The number of hydrogen-bond donors (Lipinski definition) is 5. The topological polar surface area (TPSA) is 108 Å². The molecular weight excluding hydrogens is 270 g/mol. The molecule has 3 atom stereocenters. The van der Waals surface area contributed by atoms with Crippen molar-refractivity contribution in [1.29, 1.82) is 0 Å². The van der Waals surface area contributed by atoms with Gasteiger partial charge in [-0.15, -0.1) is 0 Å². The monoisotopic (exact) mass is 295 g/mol. The number of amides is 1. The van der Waals surface area contributed by atoms with E-state index in [2.05, 4.69) is 10.6 Å². The van der Waals surface area contributed by atoms with Crippen molar-refractivity contribution < 1.29 is 15.0 Å². The maximum atomic E-state index is 11.1. The first-order valence-electron chi connectivity index (χ1n) is 7.14. The van der Waals surface area contributed by atoms with E-state index in [1.807, 2.05) is 30.3 Å². The molecule has 0 spiro atoms. The predicted molar refractivity (Wildman–Crippen MR) is 81.4 cm³/mol. The summed E-state index contributed by atoms with van der Waals surface area (Å²) in [5, 5.41) is 25.0. The molecule has 0 saturated carbocycles. The molecule has 1 rings (SSSR count). The van der Waals surface area contributed by atoms with E-state index >= 15 is 0 Å². The number of rotatable bonds is 9. The molecule has 1 amide bonds. The molecule has 6 N–H and O–H groups in total. The molecule has 0 aliphatic rings. The van der Waals surface area contributed by atoms with E-state index in [4.69, 9.17) is 5.73 Å². The summed E-state index contributed by atoms with van der Waals surface area (Å²) in [4.78, 5) is 11.1. The van der Waals surface area contributed by atoms with E-state index in [0.29, 0.717) is 12.8 Å². The summed E-state index contributed by atoms with van der Waals surface area (Å²) in [6, 6.07) is 9.76. The third-order valence-electron chi connectivity index (χ3n) is 3.06. The fourth-order valence-electron chi connectivity index (χ4n) is 2.13. The molecule has 1 aromatic carbocycles. The van der Waals surface area contributed by atoms with Crippen molar-refractivity contribution in [3.63, 3.8) is 0 Å². The van der Waals surface area contributed by atoms with Crippen LogP contribution in [0.2, 0.25) is 0 Å². The van der Waals surface area contributed by atoms with Crippen LogP contribution >= 0.6 is 0 Å². The van der Waals surface area contributed by atoms with Gasteiger partial charge in [-0.1, -0.05) is 30.3 Å². The van der Waals surface area contributed by atoms with Gasteiger partial charge in [-0.05, 0) is 25.3 Å². The highest BCUT2D eigenvalue weighted by atomic mass is 16.3. The van der Waals surface area contributed by atoms with Crippen molar-refractivity contribution in [3.05, 3.63) is 35.9 Å². The highest BCUT2D eigenvalue weighted by Crippen LogP contribution is 2.08. The summed E-state index contributed by atoms with van der Waals surface area (Å²) in [5.74, 6) is -0.314. The minimum Gasteiger partial charge on any atom is -0.393 e. The predicted octanol–water partition coefficient (Wildman–Crippen LogP) is -0.648. The van der Waals surface area contributed by atoms with Gasteiger partial charge in [-0.3, -0.25) is 10.1 Å². The Balaban J connectivity index is 2.51. The Kier molecular flexibility index (Phi) is 7.92. The van der Waals surface area contributed by atoms with Crippen LogP contribution in [-0.4, -0.2) is 47.6 Å². The molecule has 0 fully saturated rings. The lowest BCUT2D eigenvalue weighted by Gasteiger charge is -2.24. The number of carbonyl (C=O) groups is 1. The summed E-state index contributed by atoms with van der Waals surface area (Å²) in [6.07, 6.45) is -0.158. The molecule has 6 nitrogen and oxygen atoms in total. The van der Waals surface area contributed by atoms with E-state index in [0.717, 1.165) is 5.56 Å². The van der Waals surface area contributed by atoms with Crippen molar-refractivity contribution in [2.75, 3.05) is 13.1 Å². The fourth-order valence-corrected chi connectivity index (χ4v) is 2.13. The van der Waals surface area contributed by atoms with Gasteiger partial charge in [0.1, 0.15) is 6.23 Å². The molecule has 1 unspecified atom stereocenters. The maximum absolute atomic E-state index is 11.1. The minimum absolute atomic E-state index is 0.0845. The Morgan fingerprint density at radius 2 is 1.95 bits per heavy atom. The number of nitrogens with one attached hydrogen (secondary N) is 2. The Labute approximate surface area is 125 Å². The van der Waals surface area contributed by atoms with Gasteiger partial charge >= 0.3 is 0 Å². The maximum Gasteiger partial charge on any atom is 0.233 e. The molecule has 0 aliphatic carbocycles. The van der Waals surface area contributed by atoms with Crippen molar-refractivity contribution in [2.24, 2.45) is 5.73 Å². The van der Waals surface area contributed by atoms with E-state index < -0.39 is 12.3 Å². The molecule has 0 saturated heterocycles. The van der Waals surface area contributed by atoms with E-state index in [1.165, 1.54) is 0 Å². The first-order chi connectivity index (χ1) is 10.0. The standard InChI is InChI=1S/C15H25N3O3/c1-11(19)7-13(8-12-5-3-2-4-6-12)18-15(21)10-17-14(20)9-16/h2-6,11,13,15,18-19,21H,7-10,16H2,1H3,(H,17,20)/t11-,13?,15-/m0/s1. The number of carbonyl (C=O) groups excluding carboxylic acids is 1. The van der Waals surface area contributed by atoms with Crippen LogP contribution in [-0.2, 0) is 11.2 Å².